The molecule has 0 aromatic heterocycles. The normalized spacial score (nSPS) is 57.7. The Morgan fingerprint density at radius 2 is 1.54 bits per heavy atom. The van der Waals surface area contributed by atoms with E-state index < -0.39 is 11.5 Å². The van der Waals surface area contributed by atoms with Crippen LogP contribution in [0.5, 0.6) is 0 Å². The van der Waals surface area contributed by atoms with Gasteiger partial charge in [-0.25, -0.2) is 0 Å². The Hall–Kier alpha value is -0.870. The summed E-state index contributed by atoms with van der Waals surface area (Å²) in [7, 11) is 0. The zero-order valence-corrected chi connectivity index (χ0v) is 23.3. The number of fused-ring (bicyclic) bond motifs is 7. The molecule has 6 rings (SSSR count). The lowest BCUT2D eigenvalue weighted by atomic mass is 9.31. The fraction of sp³-hybridized carbons (Fsp3) is 0.903. The van der Waals surface area contributed by atoms with E-state index in [1.54, 1.807) is 0 Å². The maximum absolute atomic E-state index is 13.6. The first-order valence-corrected chi connectivity index (χ1v) is 14.3. The molecule has 10 atom stereocenters. The van der Waals surface area contributed by atoms with Gasteiger partial charge in [0, 0.05) is 17.3 Å². The van der Waals surface area contributed by atoms with Crippen molar-refractivity contribution in [3.05, 3.63) is 11.6 Å². The lowest BCUT2D eigenvalue weighted by molar-refractivity contribution is -0.222. The third-order valence-corrected chi connectivity index (χ3v) is 14.0. The van der Waals surface area contributed by atoms with E-state index in [4.69, 9.17) is 4.74 Å². The minimum absolute atomic E-state index is 0.0514. The van der Waals surface area contributed by atoms with Crippen molar-refractivity contribution in [2.45, 2.75) is 125 Å². The zero-order chi connectivity index (χ0) is 25.6. The van der Waals surface area contributed by atoms with Gasteiger partial charge in [-0.1, -0.05) is 67.0 Å². The summed E-state index contributed by atoms with van der Waals surface area (Å²) in [6, 6.07) is 0. The molecule has 5 fully saturated rings. The number of carbonyl (C=O) groups excluding carboxylic acids is 1. The molecular weight excluding hydrogens is 436 g/mol. The number of hydrogen-bond acceptors (Lipinski definition) is 4. The fourth-order valence-corrected chi connectivity index (χ4v) is 11.9. The van der Waals surface area contributed by atoms with Crippen molar-refractivity contribution in [1.29, 1.82) is 0 Å². The van der Waals surface area contributed by atoms with E-state index in [0.717, 1.165) is 38.5 Å². The zero-order valence-electron chi connectivity index (χ0n) is 23.3. The quantitative estimate of drug-likeness (QED) is 0.325. The molecule has 196 valence electrons. The topological polar surface area (TPSA) is 66.8 Å². The molecule has 4 saturated carbocycles. The Labute approximate surface area is 212 Å². The van der Waals surface area contributed by atoms with Gasteiger partial charge in [0.25, 0.3) is 0 Å². The van der Waals surface area contributed by atoms with Crippen molar-refractivity contribution >= 4 is 5.97 Å². The molecule has 4 nitrogen and oxygen atoms in total. The van der Waals surface area contributed by atoms with Crippen molar-refractivity contribution < 1.29 is 19.7 Å². The molecule has 0 radical (unpaired) electrons. The average molecular weight is 485 g/mol. The highest BCUT2D eigenvalue weighted by Crippen LogP contribution is 2.79. The van der Waals surface area contributed by atoms with E-state index in [2.05, 4.69) is 61.5 Å². The number of aliphatic hydroxyl groups is 2. The molecule has 2 N–H and O–H groups in total. The van der Waals surface area contributed by atoms with Crippen LogP contribution in [-0.4, -0.2) is 34.5 Å². The third kappa shape index (κ3) is 2.46. The van der Waals surface area contributed by atoms with E-state index in [1.807, 2.05) is 0 Å². The first-order chi connectivity index (χ1) is 16.0. The number of carbonyl (C=O) groups is 1. The Morgan fingerprint density at radius 3 is 2.23 bits per heavy atom. The molecule has 1 saturated heterocycles. The molecule has 6 aliphatic rings. The van der Waals surface area contributed by atoms with Crippen LogP contribution in [0.2, 0.25) is 0 Å². The predicted molar refractivity (Wildman–Crippen MR) is 136 cm³/mol. The van der Waals surface area contributed by atoms with Crippen LogP contribution in [0.15, 0.2) is 11.6 Å². The van der Waals surface area contributed by atoms with E-state index in [1.165, 1.54) is 5.57 Å². The van der Waals surface area contributed by atoms with Crippen LogP contribution in [0.4, 0.5) is 0 Å². The van der Waals surface area contributed by atoms with Crippen molar-refractivity contribution in [1.82, 2.24) is 0 Å². The largest absolute Gasteiger partial charge is 0.461 e. The molecule has 5 aliphatic carbocycles. The Kier molecular flexibility index (Phi) is 4.60. The second-order valence-corrected chi connectivity index (χ2v) is 15.9. The van der Waals surface area contributed by atoms with E-state index in [-0.39, 0.29) is 50.7 Å². The van der Waals surface area contributed by atoms with Crippen LogP contribution in [0.3, 0.4) is 0 Å². The van der Waals surface area contributed by atoms with Crippen LogP contribution in [0.1, 0.15) is 107 Å². The van der Waals surface area contributed by atoms with Gasteiger partial charge in [-0.2, -0.15) is 0 Å². The van der Waals surface area contributed by atoms with E-state index >= 15 is 0 Å². The van der Waals surface area contributed by atoms with Crippen LogP contribution >= 0.6 is 0 Å². The van der Waals surface area contributed by atoms with Gasteiger partial charge in [-0.15, -0.1) is 0 Å². The highest BCUT2D eigenvalue weighted by Gasteiger charge is 2.78. The molecule has 2 bridgehead atoms. The summed E-state index contributed by atoms with van der Waals surface area (Å²) in [5.41, 5.74) is 0.138. The van der Waals surface area contributed by atoms with Gasteiger partial charge in [0.05, 0.1) is 12.2 Å². The molecule has 0 unspecified atom stereocenters. The molecule has 0 aromatic carbocycles. The summed E-state index contributed by atoms with van der Waals surface area (Å²) in [5, 5.41) is 22.9. The Balaban J connectivity index is 1.51. The van der Waals surface area contributed by atoms with Crippen molar-refractivity contribution in [3.8, 4) is 0 Å². The average Bonchev–Trinajstić information content (AvgIpc) is 3.07. The first-order valence-electron chi connectivity index (χ1n) is 14.3. The number of esters is 1. The summed E-state index contributed by atoms with van der Waals surface area (Å²) < 4.78 is 6.01. The minimum atomic E-state index is -0.806. The van der Waals surface area contributed by atoms with Crippen LogP contribution in [0, 0.1) is 49.7 Å². The van der Waals surface area contributed by atoms with Crippen molar-refractivity contribution in [2.75, 3.05) is 0 Å². The number of allylic oxidation sites excluding steroid dienone is 2. The van der Waals surface area contributed by atoms with Gasteiger partial charge in [0.15, 0.2) is 0 Å². The van der Waals surface area contributed by atoms with Gasteiger partial charge in [0.1, 0.15) is 11.5 Å². The van der Waals surface area contributed by atoms with Crippen LogP contribution < -0.4 is 0 Å². The van der Waals surface area contributed by atoms with E-state index in [0.29, 0.717) is 24.7 Å². The number of hydrogen-bond donors (Lipinski definition) is 2. The van der Waals surface area contributed by atoms with Crippen LogP contribution in [0.25, 0.3) is 0 Å². The molecule has 1 aliphatic heterocycles. The molecule has 4 heteroatoms. The first kappa shape index (κ1) is 24.5. The Bertz CT molecular complexity index is 1010. The fourth-order valence-electron chi connectivity index (χ4n) is 11.9. The lowest BCUT2D eigenvalue weighted by Gasteiger charge is -2.73. The van der Waals surface area contributed by atoms with Gasteiger partial charge < -0.3 is 14.9 Å². The van der Waals surface area contributed by atoms with E-state index in [9.17, 15) is 15.0 Å². The predicted octanol–water partition coefficient (Wildman–Crippen LogP) is 6.05. The number of aliphatic hydroxyl groups excluding tert-OH is 2. The van der Waals surface area contributed by atoms with Gasteiger partial charge in [-0.3, -0.25) is 4.79 Å². The molecule has 35 heavy (non-hydrogen) atoms. The third-order valence-electron chi connectivity index (χ3n) is 14.0. The molecule has 1 spiro atoms. The number of rotatable bonds is 0. The summed E-state index contributed by atoms with van der Waals surface area (Å²) in [6.45, 7) is 18.8. The maximum atomic E-state index is 13.6. The summed E-state index contributed by atoms with van der Waals surface area (Å²) in [4.78, 5) is 13.6. The van der Waals surface area contributed by atoms with Gasteiger partial charge in [0.2, 0.25) is 0 Å². The Morgan fingerprint density at radius 1 is 0.857 bits per heavy atom. The molecule has 1 heterocycles. The molecule has 0 amide bonds. The maximum Gasteiger partial charge on any atom is 0.316 e. The van der Waals surface area contributed by atoms with Crippen LogP contribution in [-0.2, 0) is 9.53 Å². The summed E-state index contributed by atoms with van der Waals surface area (Å²) in [6.07, 6.45) is 8.97. The minimum Gasteiger partial charge on any atom is -0.461 e. The summed E-state index contributed by atoms with van der Waals surface area (Å²) in [5.74, 6) is 0.862. The second kappa shape index (κ2) is 6.57. The molecular formula is C31H48O4. The lowest BCUT2D eigenvalue weighted by Crippen LogP contribution is -2.69. The smallest absolute Gasteiger partial charge is 0.316 e. The molecule has 0 aromatic rings. The van der Waals surface area contributed by atoms with Gasteiger partial charge in [-0.05, 0) is 78.4 Å². The van der Waals surface area contributed by atoms with Crippen molar-refractivity contribution in [2.24, 2.45) is 49.7 Å². The summed E-state index contributed by atoms with van der Waals surface area (Å²) >= 11 is 0. The SMILES string of the molecule is CC1(C)C[C@@]2(C)C3=CC[C@H]4[C@@]5(C)CC[C@H](O)C(C)(C)[C@H]5CC[C@@]4(C)[C@]3(C)C[C@@H](O)[C@@]23C[C@@H]1OC3=O. The second-order valence-electron chi connectivity index (χ2n) is 15.9. The standard InChI is InChI=1S/C31H48O4/c1-25(2)17-30(8)20-10-9-19-27(5)13-12-21(32)26(3,4)18(27)11-14-28(19,6)29(20,7)15-22(33)31(30)16-23(25)35-24(31)34/h10,18-19,21-23,32-33H,9,11-17H2,1-8H3/t18-,19+,21+,22-,23+,27+,28-,29-,30+,31-/m1/s1. The van der Waals surface area contributed by atoms with Crippen molar-refractivity contribution in [3.63, 3.8) is 0 Å². The highest BCUT2D eigenvalue weighted by atomic mass is 16.6. The highest BCUT2D eigenvalue weighted by molar-refractivity contribution is 5.83. The van der Waals surface area contributed by atoms with Gasteiger partial charge >= 0.3 is 5.97 Å². The number of ether oxygens (including phenoxy) is 1. The monoisotopic (exact) mass is 484 g/mol.